The molecule has 2 rings (SSSR count). The van der Waals surface area contributed by atoms with E-state index >= 15 is 0 Å². The first-order valence-electron chi connectivity index (χ1n) is 8.02. The first-order chi connectivity index (χ1) is 12.2. The average Bonchev–Trinajstić information content (AvgIpc) is 2.60. The van der Waals surface area contributed by atoms with E-state index in [-0.39, 0.29) is 10.8 Å². The molecule has 144 valence electrons. The number of amides is 3. The summed E-state index contributed by atoms with van der Waals surface area (Å²) in [6.45, 7) is 5.01. The fraction of sp³-hybridized carbons (Fsp3) is 0.533. The molecule has 1 atom stereocenters. The minimum Gasteiger partial charge on any atom is -0.379 e. The van der Waals surface area contributed by atoms with Crippen LogP contribution in [0.25, 0.3) is 0 Å². The SMILES string of the molecule is CC(C)C(Sc1ccc(S(=O)(=O)N2CCOCC2)cn1)C(=O)NC(N)=O. The summed E-state index contributed by atoms with van der Waals surface area (Å²) < 4.78 is 31.7. The Morgan fingerprint density at radius 3 is 2.46 bits per heavy atom. The van der Waals surface area contributed by atoms with Crippen molar-refractivity contribution in [2.45, 2.75) is 29.0 Å². The second-order valence-corrected chi connectivity index (χ2v) is 9.08. The second kappa shape index (κ2) is 8.80. The standard InChI is InChI=1S/C15H22N4O5S2/c1-10(2)13(14(20)18-15(16)21)25-12-4-3-11(9-17-12)26(22,23)19-5-7-24-8-6-19/h3-4,9-10,13H,5-8H2,1-2H3,(H3,16,18,20,21). The van der Waals surface area contributed by atoms with Gasteiger partial charge in [-0.1, -0.05) is 25.6 Å². The van der Waals surface area contributed by atoms with Gasteiger partial charge < -0.3 is 10.5 Å². The Bertz CT molecular complexity index is 746. The van der Waals surface area contributed by atoms with Crippen molar-refractivity contribution in [3.8, 4) is 0 Å². The Balaban J connectivity index is 2.12. The first-order valence-corrected chi connectivity index (χ1v) is 10.3. The van der Waals surface area contributed by atoms with Crippen LogP contribution in [0.15, 0.2) is 28.3 Å². The van der Waals surface area contributed by atoms with Crippen LogP contribution in [0.1, 0.15) is 13.8 Å². The van der Waals surface area contributed by atoms with Gasteiger partial charge in [-0.25, -0.2) is 18.2 Å². The lowest BCUT2D eigenvalue weighted by Gasteiger charge is -2.26. The third-order valence-corrected chi connectivity index (χ3v) is 7.05. The number of primary amides is 1. The van der Waals surface area contributed by atoms with E-state index < -0.39 is 27.2 Å². The number of rotatable bonds is 6. The molecule has 1 aromatic heterocycles. The van der Waals surface area contributed by atoms with Crippen LogP contribution in [0.2, 0.25) is 0 Å². The van der Waals surface area contributed by atoms with Crippen LogP contribution in [0.5, 0.6) is 0 Å². The molecule has 1 aliphatic heterocycles. The van der Waals surface area contributed by atoms with Crippen LogP contribution < -0.4 is 11.1 Å². The normalized spacial score (nSPS) is 17.0. The van der Waals surface area contributed by atoms with Crippen molar-refractivity contribution in [2.75, 3.05) is 26.3 Å². The summed E-state index contributed by atoms with van der Waals surface area (Å²) in [4.78, 5) is 27.2. The molecular weight excluding hydrogens is 380 g/mol. The van der Waals surface area contributed by atoms with Crippen molar-refractivity contribution in [1.29, 1.82) is 0 Å². The summed E-state index contributed by atoms with van der Waals surface area (Å²) in [7, 11) is -3.61. The van der Waals surface area contributed by atoms with Gasteiger partial charge in [0, 0.05) is 19.3 Å². The molecule has 3 N–H and O–H groups in total. The van der Waals surface area contributed by atoms with E-state index in [2.05, 4.69) is 10.3 Å². The van der Waals surface area contributed by atoms with Crippen LogP contribution in [-0.4, -0.2) is 61.2 Å². The summed E-state index contributed by atoms with van der Waals surface area (Å²) >= 11 is 1.14. The van der Waals surface area contributed by atoms with E-state index in [1.165, 1.54) is 16.6 Å². The number of imide groups is 1. The van der Waals surface area contributed by atoms with E-state index in [0.717, 1.165) is 11.8 Å². The zero-order valence-electron chi connectivity index (χ0n) is 14.5. The van der Waals surface area contributed by atoms with Crippen LogP contribution in [0.4, 0.5) is 4.79 Å². The number of hydrogen-bond donors (Lipinski definition) is 2. The fourth-order valence-electron chi connectivity index (χ4n) is 2.34. The Labute approximate surface area is 156 Å². The minimum absolute atomic E-state index is 0.0853. The molecule has 0 aromatic carbocycles. The topological polar surface area (TPSA) is 132 Å². The number of ether oxygens (including phenoxy) is 1. The third kappa shape index (κ3) is 5.16. The molecule has 11 heteroatoms. The summed E-state index contributed by atoms with van der Waals surface area (Å²) in [6, 6.07) is 2.09. The Morgan fingerprint density at radius 2 is 1.96 bits per heavy atom. The highest BCUT2D eigenvalue weighted by Crippen LogP contribution is 2.28. The van der Waals surface area contributed by atoms with Crippen LogP contribution >= 0.6 is 11.8 Å². The number of urea groups is 1. The zero-order chi connectivity index (χ0) is 19.3. The lowest BCUT2D eigenvalue weighted by atomic mass is 10.1. The highest BCUT2D eigenvalue weighted by atomic mass is 32.2. The zero-order valence-corrected chi connectivity index (χ0v) is 16.2. The number of hydrogen-bond acceptors (Lipinski definition) is 7. The van der Waals surface area contributed by atoms with E-state index in [4.69, 9.17) is 10.5 Å². The number of nitrogens with zero attached hydrogens (tertiary/aromatic N) is 2. The number of nitrogens with one attached hydrogen (secondary N) is 1. The maximum atomic E-state index is 12.6. The van der Waals surface area contributed by atoms with E-state index in [1.807, 2.05) is 13.8 Å². The van der Waals surface area contributed by atoms with Crippen molar-refractivity contribution < 1.29 is 22.7 Å². The molecule has 3 amide bonds. The molecule has 2 heterocycles. The molecule has 1 fully saturated rings. The van der Waals surface area contributed by atoms with Gasteiger partial charge in [0.15, 0.2) is 0 Å². The molecule has 0 aliphatic carbocycles. The average molecular weight is 402 g/mol. The molecule has 26 heavy (non-hydrogen) atoms. The van der Waals surface area contributed by atoms with E-state index in [0.29, 0.717) is 31.3 Å². The number of sulfonamides is 1. The maximum Gasteiger partial charge on any atom is 0.318 e. The summed E-state index contributed by atoms with van der Waals surface area (Å²) in [6.07, 6.45) is 1.27. The number of thioether (sulfide) groups is 1. The van der Waals surface area contributed by atoms with Gasteiger partial charge in [0.2, 0.25) is 15.9 Å². The molecule has 0 bridgehead atoms. The third-order valence-electron chi connectivity index (χ3n) is 3.68. The molecule has 1 aliphatic rings. The van der Waals surface area contributed by atoms with Crippen molar-refractivity contribution in [1.82, 2.24) is 14.6 Å². The smallest absolute Gasteiger partial charge is 0.318 e. The Morgan fingerprint density at radius 1 is 1.31 bits per heavy atom. The fourth-order valence-corrected chi connectivity index (χ4v) is 4.65. The second-order valence-electron chi connectivity index (χ2n) is 5.98. The van der Waals surface area contributed by atoms with Gasteiger partial charge in [0.25, 0.3) is 0 Å². The number of nitrogens with two attached hydrogens (primary N) is 1. The summed E-state index contributed by atoms with van der Waals surface area (Å²) in [5.41, 5.74) is 4.99. The largest absolute Gasteiger partial charge is 0.379 e. The highest BCUT2D eigenvalue weighted by Gasteiger charge is 2.28. The lowest BCUT2D eigenvalue weighted by molar-refractivity contribution is -0.120. The van der Waals surface area contributed by atoms with E-state index in [9.17, 15) is 18.0 Å². The molecule has 9 nitrogen and oxygen atoms in total. The van der Waals surface area contributed by atoms with Gasteiger partial charge in [-0.3, -0.25) is 10.1 Å². The predicted molar refractivity (Wildman–Crippen MR) is 96.0 cm³/mol. The highest BCUT2D eigenvalue weighted by molar-refractivity contribution is 8.00. The number of morpholine rings is 1. The Hall–Kier alpha value is -1.69. The molecule has 0 saturated carbocycles. The molecule has 1 unspecified atom stereocenters. The van der Waals surface area contributed by atoms with Gasteiger partial charge in [0.05, 0.1) is 23.5 Å². The molecular formula is C15H22N4O5S2. The molecule has 0 radical (unpaired) electrons. The van der Waals surface area contributed by atoms with Crippen LogP contribution in [-0.2, 0) is 19.6 Å². The minimum atomic E-state index is -3.61. The van der Waals surface area contributed by atoms with Gasteiger partial charge in [-0.2, -0.15) is 4.31 Å². The molecule has 1 saturated heterocycles. The Kier molecular flexibility index (Phi) is 6.98. The van der Waals surface area contributed by atoms with Crippen molar-refractivity contribution in [3.63, 3.8) is 0 Å². The first kappa shape index (κ1) is 20.6. The van der Waals surface area contributed by atoms with Gasteiger partial charge in [-0.05, 0) is 18.1 Å². The lowest BCUT2D eigenvalue weighted by Crippen LogP contribution is -2.42. The molecule has 0 spiro atoms. The molecule has 1 aromatic rings. The predicted octanol–water partition coefficient (Wildman–Crippen LogP) is 0.414. The van der Waals surface area contributed by atoms with Gasteiger partial charge in [0.1, 0.15) is 4.90 Å². The summed E-state index contributed by atoms with van der Waals surface area (Å²) in [5.74, 6) is -0.595. The maximum absolute atomic E-state index is 12.6. The van der Waals surface area contributed by atoms with Crippen molar-refractivity contribution in [2.24, 2.45) is 11.7 Å². The summed E-state index contributed by atoms with van der Waals surface area (Å²) in [5, 5.41) is 1.95. The quantitative estimate of drug-likeness (QED) is 0.659. The van der Waals surface area contributed by atoms with E-state index in [1.54, 1.807) is 6.07 Å². The van der Waals surface area contributed by atoms with Crippen LogP contribution in [0, 0.1) is 5.92 Å². The number of aromatic nitrogens is 1. The van der Waals surface area contributed by atoms with Crippen molar-refractivity contribution in [3.05, 3.63) is 18.3 Å². The van der Waals surface area contributed by atoms with Crippen LogP contribution in [0.3, 0.4) is 0 Å². The number of carbonyl (C=O) groups excluding carboxylic acids is 2. The number of carbonyl (C=O) groups is 2. The van der Waals surface area contributed by atoms with Gasteiger partial charge in [-0.15, -0.1) is 0 Å². The number of pyridine rings is 1. The van der Waals surface area contributed by atoms with Crippen molar-refractivity contribution >= 4 is 33.7 Å². The monoisotopic (exact) mass is 402 g/mol. The van der Waals surface area contributed by atoms with Gasteiger partial charge >= 0.3 is 6.03 Å².